The zero-order chi connectivity index (χ0) is 18.2. The topological polar surface area (TPSA) is 23.6 Å². The molecule has 0 N–H and O–H groups in total. The Morgan fingerprint density at radius 2 is 1.58 bits per heavy atom. The molecule has 0 aromatic heterocycles. The normalized spacial score (nSPS) is 19.0. The van der Waals surface area contributed by atoms with Crippen LogP contribution in [-0.4, -0.2) is 35.0 Å². The molecule has 0 fully saturated rings. The van der Waals surface area contributed by atoms with Crippen molar-refractivity contribution >= 4 is 29.1 Å². The third-order valence-electron chi connectivity index (χ3n) is 5.09. The maximum atomic E-state index is 13.0. The second kappa shape index (κ2) is 7.07. The van der Waals surface area contributed by atoms with Gasteiger partial charge in [0.2, 0.25) is 0 Å². The molecule has 1 unspecified atom stereocenters. The number of hydrogen-bond acceptors (Lipinski definition) is 2. The molecule has 0 radical (unpaired) electrons. The molecule has 0 saturated heterocycles. The van der Waals surface area contributed by atoms with Crippen LogP contribution in [0.4, 0.5) is 0 Å². The summed E-state index contributed by atoms with van der Waals surface area (Å²) in [6.07, 6.45) is -0.0414. The maximum Gasteiger partial charge on any atom is 0.251 e. The van der Waals surface area contributed by atoms with Gasteiger partial charge in [0, 0.05) is 15.6 Å². The highest BCUT2D eigenvalue weighted by Crippen LogP contribution is 2.40. The van der Waals surface area contributed by atoms with Gasteiger partial charge in [-0.1, -0.05) is 37.0 Å². The molecule has 2 rings (SSSR count). The Bertz CT molecular complexity index is 658. The smallest absolute Gasteiger partial charge is 0.251 e. The van der Waals surface area contributed by atoms with Gasteiger partial charge >= 0.3 is 0 Å². The van der Waals surface area contributed by atoms with Gasteiger partial charge in [0.05, 0.1) is 5.54 Å². The second-order valence-corrected chi connectivity index (χ2v) is 7.67. The van der Waals surface area contributed by atoms with E-state index in [1.54, 1.807) is 6.07 Å². The fraction of sp³-hybridized carbons (Fsp3) is 0.526. The first-order chi connectivity index (χ1) is 11.1. The van der Waals surface area contributed by atoms with Gasteiger partial charge in [0.25, 0.3) is 5.91 Å². The van der Waals surface area contributed by atoms with Crippen LogP contribution < -0.4 is 0 Å². The average Bonchev–Trinajstić information content (AvgIpc) is 2.73. The average molecular weight is 369 g/mol. The largest absolute Gasteiger partial charge is 0.310 e. The van der Waals surface area contributed by atoms with Gasteiger partial charge in [0.1, 0.15) is 6.17 Å². The molecule has 1 aromatic carbocycles. The first kappa shape index (κ1) is 19.3. The van der Waals surface area contributed by atoms with Crippen molar-refractivity contribution in [3.8, 4) is 0 Å². The van der Waals surface area contributed by atoms with Crippen molar-refractivity contribution in [2.45, 2.75) is 53.2 Å². The summed E-state index contributed by atoms with van der Waals surface area (Å²) in [7, 11) is 0. The van der Waals surface area contributed by atoms with E-state index in [9.17, 15) is 4.79 Å². The number of carbonyl (C=O) groups excluding carboxylic acids is 1. The van der Waals surface area contributed by atoms with Crippen LogP contribution in [0.25, 0.3) is 0 Å². The number of nitrogens with zero attached hydrogens (tertiary/aromatic N) is 2. The van der Waals surface area contributed by atoms with E-state index in [2.05, 4.69) is 39.5 Å². The Labute approximate surface area is 155 Å². The number of amides is 1. The number of halogens is 2. The standard InChI is InChI=1S/C19H26Cl2N2O/c1-7-22(8-2)17-12(3)13(4)18(24)23(17)19(5,6)14-9-15(20)11-16(21)10-14/h9-11,17H,7-8H2,1-6H3. The molecule has 1 aliphatic heterocycles. The van der Waals surface area contributed by atoms with Crippen molar-refractivity contribution in [3.63, 3.8) is 0 Å². The molecular formula is C19H26Cl2N2O. The van der Waals surface area contributed by atoms with Gasteiger partial charge in [0.15, 0.2) is 0 Å². The zero-order valence-electron chi connectivity index (χ0n) is 15.3. The minimum atomic E-state index is -0.530. The molecule has 1 amide bonds. The number of hydrogen-bond donors (Lipinski definition) is 0. The lowest BCUT2D eigenvalue weighted by Gasteiger charge is -2.45. The van der Waals surface area contributed by atoms with E-state index in [0.29, 0.717) is 10.0 Å². The van der Waals surface area contributed by atoms with Crippen molar-refractivity contribution < 1.29 is 4.79 Å². The number of likely N-dealkylation sites (N-methyl/N-ethyl adjacent to an activating group) is 1. The van der Waals surface area contributed by atoms with Crippen LogP contribution in [0.5, 0.6) is 0 Å². The van der Waals surface area contributed by atoms with Gasteiger partial charge < -0.3 is 4.90 Å². The SMILES string of the molecule is CCN(CC)C1C(C)=C(C)C(=O)N1C(C)(C)c1cc(Cl)cc(Cl)c1. The lowest BCUT2D eigenvalue weighted by atomic mass is 9.91. The zero-order valence-corrected chi connectivity index (χ0v) is 16.8. The number of rotatable bonds is 5. The summed E-state index contributed by atoms with van der Waals surface area (Å²) in [6, 6.07) is 5.50. The molecule has 0 aliphatic carbocycles. The van der Waals surface area contributed by atoms with Crippen LogP contribution in [0.15, 0.2) is 29.3 Å². The molecule has 1 atom stereocenters. The third kappa shape index (κ3) is 3.22. The molecule has 0 spiro atoms. The van der Waals surface area contributed by atoms with Crippen molar-refractivity contribution in [1.82, 2.24) is 9.80 Å². The van der Waals surface area contributed by atoms with E-state index in [-0.39, 0.29) is 12.1 Å². The fourth-order valence-corrected chi connectivity index (χ4v) is 3.99. The molecule has 132 valence electrons. The minimum Gasteiger partial charge on any atom is -0.310 e. The van der Waals surface area contributed by atoms with Crippen molar-refractivity contribution in [1.29, 1.82) is 0 Å². The van der Waals surface area contributed by atoms with Gasteiger partial charge in [-0.05, 0) is 70.1 Å². The van der Waals surface area contributed by atoms with Gasteiger partial charge in [-0.2, -0.15) is 0 Å². The van der Waals surface area contributed by atoms with E-state index >= 15 is 0 Å². The molecule has 0 saturated carbocycles. The van der Waals surface area contributed by atoms with E-state index in [0.717, 1.165) is 29.8 Å². The molecule has 3 nitrogen and oxygen atoms in total. The molecule has 1 aromatic rings. The predicted molar refractivity (Wildman–Crippen MR) is 101 cm³/mol. The van der Waals surface area contributed by atoms with E-state index in [1.807, 2.05) is 24.0 Å². The van der Waals surface area contributed by atoms with Gasteiger partial charge in [-0.25, -0.2) is 0 Å². The van der Waals surface area contributed by atoms with Crippen LogP contribution in [0, 0.1) is 0 Å². The number of carbonyl (C=O) groups is 1. The number of benzene rings is 1. The minimum absolute atomic E-state index is 0.0414. The lowest BCUT2D eigenvalue weighted by Crippen LogP contribution is -2.55. The highest BCUT2D eigenvalue weighted by molar-refractivity contribution is 6.34. The van der Waals surface area contributed by atoms with Crippen LogP contribution in [0.3, 0.4) is 0 Å². The Morgan fingerprint density at radius 1 is 1.08 bits per heavy atom. The van der Waals surface area contributed by atoms with Crippen molar-refractivity contribution in [2.24, 2.45) is 0 Å². The molecule has 5 heteroatoms. The fourth-order valence-electron chi connectivity index (χ4n) is 3.46. The van der Waals surface area contributed by atoms with Gasteiger partial charge in [-0.15, -0.1) is 0 Å². The Morgan fingerprint density at radius 3 is 2.04 bits per heavy atom. The summed E-state index contributed by atoms with van der Waals surface area (Å²) in [5.74, 6) is 0.0745. The van der Waals surface area contributed by atoms with Crippen LogP contribution in [0.1, 0.15) is 47.1 Å². The lowest BCUT2D eigenvalue weighted by molar-refractivity contribution is -0.137. The molecule has 1 aliphatic rings. The Hall–Kier alpha value is -1.03. The summed E-state index contributed by atoms with van der Waals surface area (Å²) >= 11 is 12.4. The van der Waals surface area contributed by atoms with Crippen LogP contribution >= 0.6 is 23.2 Å². The third-order valence-corrected chi connectivity index (χ3v) is 5.53. The highest BCUT2D eigenvalue weighted by atomic mass is 35.5. The molecule has 24 heavy (non-hydrogen) atoms. The van der Waals surface area contributed by atoms with E-state index < -0.39 is 5.54 Å². The quantitative estimate of drug-likeness (QED) is 0.723. The molecule has 1 heterocycles. The van der Waals surface area contributed by atoms with E-state index in [4.69, 9.17) is 23.2 Å². The predicted octanol–water partition coefficient (Wildman–Crippen LogP) is 5.08. The summed E-state index contributed by atoms with van der Waals surface area (Å²) in [5, 5.41) is 1.16. The first-order valence-electron chi connectivity index (χ1n) is 8.36. The van der Waals surface area contributed by atoms with E-state index in [1.165, 1.54) is 0 Å². The Balaban J connectivity index is 2.56. The summed E-state index contributed by atoms with van der Waals surface area (Å²) in [4.78, 5) is 17.3. The maximum absolute atomic E-state index is 13.0. The Kier molecular flexibility index (Phi) is 5.68. The van der Waals surface area contributed by atoms with Crippen molar-refractivity contribution in [2.75, 3.05) is 13.1 Å². The summed E-state index contributed by atoms with van der Waals surface area (Å²) in [5.41, 5.74) is 2.35. The van der Waals surface area contributed by atoms with Gasteiger partial charge in [-0.3, -0.25) is 9.69 Å². The first-order valence-corrected chi connectivity index (χ1v) is 9.12. The molecular weight excluding hydrogens is 343 g/mol. The molecule has 0 bridgehead atoms. The van der Waals surface area contributed by atoms with Crippen molar-refractivity contribution in [3.05, 3.63) is 45.0 Å². The summed E-state index contributed by atoms with van der Waals surface area (Å²) in [6.45, 7) is 14.1. The highest BCUT2D eigenvalue weighted by Gasteiger charge is 2.45. The monoisotopic (exact) mass is 368 g/mol. The summed E-state index contributed by atoms with van der Waals surface area (Å²) < 4.78 is 0. The van der Waals surface area contributed by atoms with Crippen LogP contribution in [0.2, 0.25) is 10.0 Å². The second-order valence-electron chi connectivity index (χ2n) is 6.80. The van der Waals surface area contributed by atoms with Crippen LogP contribution in [-0.2, 0) is 10.3 Å².